The Labute approximate surface area is 174 Å². The van der Waals surface area contributed by atoms with E-state index >= 15 is 0 Å². The molecule has 0 aromatic heterocycles. The van der Waals surface area contributed by atoms with Gasteiger partial charge in [0.05, 0.1) is 5.69 Å². The van der Waals surface area contributed by atoms with E-state index in [1.54, 1.807) is 4.90 Å². The van der Waals surface area contributed by atoms with Crippen molar-refractivity contribution >= 4 is 34.2 Å². The number of carbonyl (C=O) groups excluding carboxylic acids is 3. The van der Waals surface area contributed by atoms with Gasteiger partial charge in [-0.15, -0.1) is 0 Å². The summed E-state index contributed by atoms with van der Waals surface area (Å²) in [6.07, 6.45) is 2.37. The fraction of sp³-hybridized carbons (Fsp3) is 0.240. The minimum Gasteiger partial charge on any atom is -0.295 e. The standard InChI is InChI=1S/C25H22N2O3/c1-2-15-6-8-16(9-7-15)14-17-10-11-20-23-18(17)4-3-5-19(23)25(30)27(20)21-12-13-22(28)26-24(21)29/h3-11,21H,2,12-14H2,1H3,(H,26,28,29). The summed E-state index contributed by atoms with van der Waals surface area (Å²) >= 11 is 0. The molecule has 0 spiro atoms. The number of imide groups is 1. The van der Waals surface area contributed by atoms with Crippen LogP contribution in [-0.2, 0) is 22.4 Å². The fourth-order valence-corrected chi connectivity index (χ4v) is 4.57. The average Bonchev–Trinajstić information content (AvgIpc) is 3.04. The second-order valence-corrected chi connectivity index (χ2v) is 7.96. The Morgan fingerprint density at radius 3 is 2.47 bits per heavy atom. The Morgan fingerprint density at radius 1 is 0.967 bits per heavy atom. The molecule has 5 nitrogen and oxygen atoms in total. The first-order valence-electron chi connectivity index (χ1n) is 10.4. The van der Waals surface area contributed by atoms with Crippen LogP contribution in [0.4, 0.5) is 5.69 Å². The molecule has 2 aliphatic rings. The molecule has 0 aliphatic carbocycles. The predicted molar refractivity (Wildman–Crippen MR) is 116 cm³/mol. The monoisotopic (exact) mass is 398 g/mol. The fourth-order valence-electron chi connectivity index (χ4n) is 4.57. The highest BCUT2D eigenvalue weighted by molar-refractivity contribution is 6.27. The van der Waals surface area contributed by atoms with Crippen LogP contribution in [0.25, 0.3) is 10.8 Å². The van der Waals surface area contributed by atoms with Crippen LogP contribution in [0.1, 0.15) is 46.8 Å². The number of hydrogen-bond donors (Lipinski definition) is 1. The van der Waals surface area contributed by atoms with Gasteiger partial charge in [-0.1, -0.05) is 49.4 Å². The molecule has 0 saturated carbocycles. The second kappa shape index (κ2) is 7.10. The summed E-state index contributed by atoms with van der Waals surface area (Å²) in [4.78, 5) is 38.8. The van der Waals surface area contributed by atoms with Crippen LogP contribution < -0.4 is 10.2 Å². The van der Waals surface area contributed by atoms with E-state index in [1.165, 1.54) is 11.1 Å². The summed E-state index contributed by atoms with van der Waals surface area (Å²) in [5, 5.41) is 4.30. The van der Waals surface area contributed by atoms with E-state index in [9.17, 15) is 14.4 Å². The lowest BCUT2D eigenvalue weighted by Gasteiger charge is -2.30. The molecule has 150 valence electrons. The van der Waals surface area contributed by atoms with Crippen molar-refractivity contribution in [3.8, 4) is 0 Å². The van der Waals surface area contributed by atoms with Crippen LogP contribution in [-0.4, -0.2) is 23.8 Å². The van der Waals surface area contributed by atoms with Crippen molar-refractivity contribution in [2.45, 2.75) is 38.6 Å². The number of benzene rings is 3. The first-order chi connectivity index (χ1) is 14.6. The van der Waals surface area contributed by atoms with Gasteiger partial charge >= 0.3 is 0 Å². The number of carbonyl (C=O) groups is 3. The maximum atomic E-state index is 13.2. The normalized spacial score (nSPS) is 18.2. The van der Waals surface area contributed by atoms with Gasteiger partial charge in [0, 0.05) is 17.4 Å². The Kier molecular flexibility index (Phi) is 4.39. The third-order valence-electron chi connectivity index (χ3n) is 6.17. The zero-order valence-corrected chi connectivity index (χ0v) is 16.8. The second-order valence-electron chi connectivity index (χ2n) is 7.96. The van der Waals surface area contributed by atoms with Gasteiger partial charge in [-0.05, 0) is 53.5 Å². The van der Waals surface area contributed by atoms with Gasteiger partial charge in [0.2, 0.25) is 11.8 Å². The molecule has 1 atom stereocenters. The first kappa shape index (κ1) is 18.6. The first-order valence-corrected chi connectivity index (χ1v) is 10.4. The zero-order chi connectivity index (χ0) is 20.8. The van der Waals surface area contributed by atoms with E-state index in [0.29, 0.717) is 12.0 Å². The molecule has 30 heavy (non-hydrogen) atoms. The topological polar surface area (TPSA) is 66.5 Å². The van der Waals surface area contributed by atoms with E-state index in [0.717, 1.165) is 34.9 Å². The molecule has 3 aromatic rings. The van der Waals surface area contributed by atoms with Crippen molar-refractivity contribution in [2.75, 3.05) is 4.90 Å². The Morgan fingerprint density at radius 2 is 1.73 bits per heavy atom. The van der Waals surface area contributed by atoms with Crippen molar-refractivity contribution in [1.29, 1.82) is 0 Å². The van der Waals surface area contributed by atoms with Crippen molar-refractivity contribution in [3.63, 3.8) is 0 Å². The molecule has 5 rings (SSSR count). The van der Waals surface area contributed by atoms with Gasteiger partial charge < -0.3 is 0 Å². The predicted octanol–water partition coefficient (Wildman–Crippen LogP) is 3.76. The molecule has 3 aromatic carbocycles. The van der Waals surface area contributed by atoms with Crippen LogP contribution in [0.15, 0.2) is 54.6 Å². The molecular formula is C25H22N2O3. The van der Waals surface area contributed by atoms with E-state index in [1.807, 2.05) is 30.3 Å². The van der Waals surface area contributed by atoms with Crippen LogP contribution >= 0.6 is 0 Å². The SMILES string of the molecule is CCc1ccc(Cc2ccc3c4c(cccc24)C(=O)N3C2CCC(=O)NC2=O)cc1. The maximum absolute atomic E-state index is 13.2. The summed E-state index contributed by atoms with van der Waals surface area (Å²) in [6, 6.07) is 17.7. The summed E-state index contributed by atoms with van der Waals surface area (Å²) in [5.41, 5.74) is 5.06. The highest BCUT2D eigenvalue weighted by atomic mass is 16.2. The summed E-state index contributed by atoms with van der Waals surface area (Å²) in [7, 11) is 0. The van der Waals surface area contributed by atoms with Crippen molar-refractivity contribution < 1.29 is 14.4 Å². The molecule has 1 unspecified atom stereocenters. The molecule has 3 amide bonds. The lowest BCUT2D eigenvalue weighted by molar-refractivity contribution is -0.134. The number of anilines is 1. The van der Waals surface area contributed by atoms with Gasteiger partial charge in [-0.25, -0.2) is 0 Å². The van der Waals surface area contributed by atoms with E-state index in [-0.39, 0.29) is 18.2 Å². The van der Waals surface area contributed by atoms with Gasteiger partial charge in [0.25, 0.3) is 5.91 Å². The van der Waals surface area contributed by atoms with Gasteiger partial charge in [-0.3, -0.25) is 24.6 Å². The van der Waals surface area contributed by atoms with Crippen molar-refractivity contribution in [3.05, 3.63) is 76.9 Å². The summed E-state index contributed by atoms with van der Waals surface area (Å²) in [5.74, 6) is -0.856. The molecule has 5 heteroatoms. The van der Waals surface area contributed by atoms with Gasteiger partial charge in [0.1, 0.15) is 6.04 Å². The maximum Gasteiger partial charge on any atom is 0.259 e. The molecule has 2 aliphatic heterocycles. The number of aryl methyl sites for hydroxylation is 1. The van der Waals surface area contributed by atoms with Gasteiger partial charge in [0.15, 0.2) is 0 Å². The highest BCUT2D eigenvalue weighted by Gasteiger charge is 2.40. The minimum absolute atomic E-state index is 0.172. The quantitative estimate of drug-likeness (QED) is 0.681. The lowest BCUT2D eigenvalue weighted by Crippen LogP contribution is -2.53. The number of nitrogens with one attached hydrogen (secondary N) is 1. The summed E-state index contributed by atoms with van der Waals surface area (Å²) < 4.78 is 0. The van der Waals surface area contributed by atoms with E-state index < -0.39 is 11.9 Å². The number of rotatable bonds is 4. The third-order valence-corrected chi connectivity index (χ3v) is 6.17. The molecule has 2 heterocycles. The highest BCUT2D eigenvalue weighted by Crippen LogP contribution is 2.41. The molecular weight excluding hydrogens is 376 g/mol. The average molecular weight is 398 g/mol. The Hall–Kier alpha value is -3.47. The van der Waals surface area contributed by atoms with Gasteiger partial charge in [-0.2, -0.15) is 0 Å². The molecule has 0 radical (unpaired) electrons. The Balaban J connectivity index is 1.56. The molecule has 1 fully saturated rings. The van der Waals surface area contributed by atoms with E-state index in [4.69, 9.17) is 0 Å². The van der Waals surface area contributed by atoms with Crippen LogP contribution in [0.3, 0.4) is 0 Å². The van der Waals surface area contributed by atoms with E-state index in [2.05, 4.69) is 36.5 Å². The minimum atomic E-state index is -0.654. The lowest BCUT2D eigenvalue weighted by atomic mass is 9.95. The van der Waals surface area contributed by atoms with Crippen molar-refractivity contribution in [1.82, 2.24) is 5.32 Å². The smallest absolute Gasteiger partial charge is 0.259 e. The number of piperidine rings is 1. The number of nitrogens with zero attached hydrogens (tertiary/aromatic N) is 1. The number of hydrogen-bond acceptors (Lipinski definition) is 3. The Bertz CT molecular complexity index is 1200. The molecule has 1 saturated heterocycles. The largest absolute Gasteiger partial charge is 0.295 e. The third kappa shape index (κ3) is 2.89. The van der Waals surface area contributed by atoms with Crippen LogP contribution in [0, 0.1) is 0 Å². The van der Waals surface area contributed by atoms with Crippen molar-refractivity contribution in [2.24, 2.45) is 0 Å². The van der Waals surface area contributed by atoms with Crippen LogP contribution in [0.5, 0.6) is 0 Å². The molecule has 1 N–H and O–H groups in total. The van der Waals surface area contributed by atoms with Crippen LogP contribution in [0.2, 0.25) is 0 Å². The zero-order valence-electron chi connectivity index (χ0n) is 16.8. The number of amides is 3. The molecule has 0 bridgehead atoms. The summed E-state index contributed by atoms with van der Waals surface area (Å²) in [6.45, 7) is 2.14.